The first-order chi connectivity index (χ1) is 17.0. The molecule has 0 aromatic heterocycles. The van der Waals surface area contributed by atoms with Gasteiger partial charge in [-0.3, -0.25) is 0 Å². The average molecular weight is 539 g/mol. The molecule has 6 radical (unpaired) electrons. The summed E-state index contributed by atoms with van der Waals surface area (Å²) < 4.78 is 0. The van der Waals surface area contributed by atoms with Crippen LogP contribution in [0.4, 0.5) is 9.59 Å². The number of carbonyl (C=O) groups is 2. The van der Waals surface area contributed by atoms with Crippen molar-refractivity contribution in [3.63, 3.8) is 0 Å². The number of allylic oxidation sites excluding steroid dienone is 4. The summed E-state index contributed by atoms with van der Waals surface area (Å²) in [5.74, 6) is 0. The zero-order chi connectivity index (χ0) is 24.9. The van der Waals surface area contributed by atoms with E-state index in [0.717, 1.165) is 101 Å². The van der Waals surface area contributed by atoms with Gasteiger partial charge in [0.2, 0.25) is 0 Å². The van der Waals surface area contributed by atoms with Crippen molar-refractivity contribution in [2.24, 2.45) is 21.7 Å². The van der Waals surface area contributed by atoms with Crippen LogP contribution in [0.2, 0.25) is 0 Å². The van der Waals surface area contributed by atoms with Crippen molar-refractivity contribution in [3.8, 4) is 0 Å². The molecule has 0 spiro atoms. The Morgan fingerprint density at radius 1 is 0.528 bits per heavy atom. The summed E-state index contributed by atoms with van der Waals surface area (Å²) in [7, 11) is 0. The maximum Gasteiger partial charge on any atom is 0.332 e. The van der Waals surface area contributed by atoms with Gasteiger partial charge in [0.1, 0.15) is 0 Å². The molecule has 36 heavy (non-hydrogen) atoms. The number of fused-ring (bicyclic) bond motifs is 2. The number of urea groups is 2. The Kier molecular flexibility index (Phi) is 13.9. The molecule has 0 saturated heterocycles. The van der Waals surface area contributed by atoms with Gasteiger partial charge >= 0.3 is 12.1 Å². The fraction of sp³-hybridized carbons (Fsp3) is 0.519. The van der Waals surface area contributed by atoms with Crippen LogP contribution in [0.5, 0.6) is 0 Å². The molecule has 4 rings (SSSR count). The zero-order valence-corrected chi connectivity index (χ0v) is 22.0. The van der Waals surface area contributed by atoms with Gasteiger partial charge in [-0.05, 0) is 144 Å². The number of hydrazone groups is 2. The Bertz CT molecular complexity index is 789. The van der Waals surface area contributed by atoms with Gasteiger partial charge in [0.25, 0.3) is 0 Å². The minimum absolute atomic E-state index is 0. The molecule has 4 amide bonds. The third-order valence-electron chi connectivity index (χ3n) is 6.73. The monoisotopic (exact) mass is 538 g/mol. The molecule has 8 nitrogen and oxygen atoms in total. The Hall–Kier alpha value is -2.13. The summed E-state index contributed by atoms with van der Waals surface area (Å²) in [6.45, 7) is 0. The van der Waals surface area contributed by atoms with Crippen molar-refractivity contribution in [3.05, 3.63) is 54.4 Å². The van der Waals surface area contributed by atoms with E-state index >= 15 is 0 Å². The summed E-state index contributed by atoms with van der Waals surface area (Å²) in [5, 5.41) is 8.40. The number of carbonyl (C=O) groups excluding carboxylic acids is 2. The number of hydrogen-bond donors (Lipinski definition) is 4. The summed E-state index contributed by atoms with van der Waals surface area (Å²) in [5.41, 5.74) is 23.6. The summed E-state index contributed by atoms with van der Waals surface area (Å²) in [6, 6.07) is -1.20. The van der Waals surface area contributed by atoms with Crippen LogP contribution in [-0.2, 0) is 16.8 Å². The molecule has 0 bridgehead atoms. The topological polar surface area (TPSA) is 135 Å². The maximum atomic E-state index is 10.9. The van der Waals surface area contributed by atoms with E-state index in [1.54, 1.807) is 22.3 Å². The third-order valence-corrected chi connectivity index (χ3v) is 6.73. The van der Waals surface area contributed by atoms with Crippen LogP contribution in [0.1, 0.15) is 89.9 Å². The molecule has 1 fully saturated rings. The molecule has 198 valence electrons. The van der Waals surface area contributed by atoms with E-state index in [1.807, 2.05) is 32.1 Å². The number of primary amides is 2. The number of nitrogens with one attached hydrogen (secondary N) is 2. The molecule has 0 atom stereocenters. The number of rotatable bonds is 2. The summed E-state index contributed by atoms with van der Waals surface area (Å²) in [4.78, 5) is 21.9. The van der Waals surface area contributed by atoms with Crippen LogP contribution in [-0.4, -0.2) is 23.5 Å². The SMILES string of the molecule is NC(=O)N/N=C1\CCCCC2=C(CCC1)C1=C2CCC/C(=N/NC(N)=O)CCCC1.[CH]1[CH][CH][CH][CH]1.[Co]. The molecule has 6 N–H and O–H groups in total. The van der Waals surface area contributed by atoms with E-state index in [4.69, 9.17) is 11.5 Å². The van der Waals surface area contributed by atoms with Gasteiger partial charge in [0.05, 0.1) is 0 Å². The van der Waals surface area contributed by atoms with Crippen LogP contribution < -0.4 is 22.3 Å². The van der Waals surface area contributed by atoms with Crippen LogP contribution in [0.3, 0.4) is 0 Å². The van der Waals surface area contributed by atoms with Gasteiger partial charge in [-0.15, -0.1) is 0 Å². The zero-order valence-electron chi connectivity index (χ0n) is 21.0. The molecular weight excluding hydrogens is 499 g/mol. The first-order valence-corrected chi connectivity index (χ1v) is 12.9. The minimum Gasteiger partial charge on any atom is -0.350 e. The van der Waals surface area contributed by atoms with Gasteiger partial charge in [-0.25, -0.2) is 20.4 Å². The second-order valence-corrected chi connectivity index (χ2v) is 9.31. The first-order valence-electron chi connectivity index (χ1n) is 12.9. The quantitative estimate of drug-likeness (QED) is 0.362. The van der Waals surface area contributed by atoms with Crippen molar-refractivity contribution in [1.29, 1.82) is 0 Å². The molecular formula is C27H39CoN6O2. The van der Waals surface area contributed by atoms with Crippen molar-refractivity contribution in [2.45, 2.75) is 89.9 Å². The standard InChI is InChI=1S/C22H34N6O2.C5H5.Co/c23-21(29)27-25-15-7-1-3-11-17-19(13-5-9-15)18-12-4-2-8-16(26-28-22(24)30)10-6-14-20(17)18;1-2-4-5-3-1;/h1-14H2,(H3,23,27,29)(H3,24,28,30);1-5H;/b25-15+,26-16+;;. The Balaban J connectivity index is 0.000000678. The molecule has 0 aromatic carbocycles. The van der Waals surface area contributed by atoms with E-state index < -0.39 is 12.1 Å². The van der Waals surface area contributed by atoms with Gasteiger partial charge in [-0.1, -0.05) is 0 Å². The molecule has 4 aliphatic carbocycles. The Morgan fingerprint density at radius 3 is 1.14 bits per heavy atom. The molecule has 0 heterocycles. The van der Waals surface area contributed by atoms with E-state index in [2.05, 4.69) is 21.1 Å². The Morgan fingerprint density at radius 2 is 0.806 bits per heavy atom. The van der Waals surface area contributed by atoms with Crippen LogP contribution in [0.15, 0.2) is 32.5 Å². The third kappa shape index (κ3) is 10.1. The first kappa shape index (κ1) is 30.1. The van der Waals surface area contributed by atoms with Gasteiger partial charge in [-0.2, -0.15) is 10.2 Å². The van der Waals surface area contributed by atoms with Gasteiger partial charge in [0, 0.05) is 28.2 Å². The fourth-order valence-electron chi connectivity index (χ4n) is 5.14. The van der Waals surface area contributed by atoms with E-state index in [0.29, 0.717) is 0 Å². The number of amides is 4. The van der Waals surface area contributed by atoms with E-state index in [-0.39, 0.29) is 16.8 Å². The van der Waals surface area contributed by atoms with Gasteiger partial charge in [0.15, 0.2) is 0 Å². The molecule has 0 unspecified atom stereocenters. The molecule has 4 aliphatic rings. The van der Waals surface area contributed by atoms with Crippen molar-refractivity contribution >= 4 is 23.5 Å². The largest absolute Gasteiger partial charge is 0.350 e. The summed E-state index contributed by atoms with van der Waals surface area (Å²) in [6.07, 6.45) is 24.7. The molecule has 9 heteroatoms. The van der Waals surface area contributed by atoms with Crippen LogP contribution in [0, 0.1) is 32.1 Å². The minimum atomic E-state index is -0.599. The maximum absolute atomic E-state index is 10.9. The van der Waals surface area contributed by atoms with Crippen LogP contribution >= 0.6 is 0 Å². The predicted octanol–water partition coefficient (Wildman–Crippen LogP) is 5.15. The van der Waals surface area contributed by atoms with Crippen molar-refractivity contribution in [1.82, 2.24) is 10.9 Å². The number of nitrogens with two attached hydrogens (primary N) is 2. The normalized spacial score (nSPS) is 23.2. The van der Waals surface area contributed by atoms with Crippen molar-refractivity contribution in [2.75, 3.05) is 0 Å². The molecule has 1 saturated carbocycles. The number of nitrogens with zero attached hydrogens (tertiary/aromatic N) is 2. The molecule has 0 aliphatic heterocycles. The van der Waals surface area contributed by atoms with E-state index in [1.165, 1.54) is 0 Å². The molecule has 0 aromatic rings. The van der Waals surface area contributed by atoms with Crippen LogP contribution in [0.25, 0.3) is 0 Å². The predicted molar refractivity (Wildman–Crippen MR) is 140 cm³/mol. The Labute approximate surface area is 226 Å². The average Bonchev–Trinajstić information content (AvgIpc) is 3.42. The second-order valence-electron chi connectivity index (χ2n) is 9.31. The fourth-order valence-corrected chi connectivity index (χ4v) is 5.14. The smallest absolute Gasteiger partial charge is 0.332 e. The van der Waals surface area contributed by atoms with Crippen molar-refractivity contribution < 1.29 is 26.4 Å². The summed E-state index contributed by atoms with van der Waals surface area (Å²) >= 11 is 0. The number of hydrogen-bond acceptors (Lipinski definition) is 4. The van der Waals surface area contributed by atoms with Gasteiger partial charge < -0.3 is 11.5 Å². The van der Waals surface area contributed by atoms with E-state index in [9.17, 15) is 9.59 Å². The second kappa shape index (κ2) is 16.6.